The summed E-state index contributed by atoms with van der Waals surface area (Å²) in [7, 11) is -1.50. The predicted octanol–water partition coefficient (Wildman–Crippen LogP) is 0.763. The fourth-order valence-electron chi connectivity index (χ4n) is 2.12. The molecule has 1 aliphatic heterocycles. The third kappa shape index (κ3) is 2.71. The van der Waals surface area contributed by atoms with E-state index in [2.05, 4.69) is 10.3 Å². The van der Waals surface area contributed by atoms with Crippen LogP contribution in [0, 0.1) is 6.92 Å². The van der Waals surface area contributed by atoms with Crippen molar-refractivity contribution < 1.29 is 8.42 Å². The smallest absolute Gasteiger partial charge is 0.260 e. The molecule has 0 spiro atoms. The average molecular weight is 269 g/mol. The van der Waals surface area contributed by atoms with E-state index in [-0.39, 0.29) is 5.03 Å². The lowest BCUT2D eigenvalue weighted by Crippen LogP contribution is -2.44. The van der Waals surface area contributed by atoms with Crippen LogP contribution >= 0.6 is 0 Å². The molecule has 1 aromatic rings. The molecule has 1 N–H and O–H groups in total. The van der Waals surface area contributed by atoms with Crippen LogP contribution in [-0.4, -0.2) is 43.9 Å². The van der Waals surface area contributed by atoms with Crippen LogP contribution in [0.5, 0.6) is 0 Å². The Balaban J connectivity index is 2.15. The first-order valence-electron chi connectivity index (χ1n) is 6.14. The normalized spacial score (nSPS) is 19.0. The van der Waals surface area contributed by atoms with Gasteiger partial charge in [0.15, 0.2) is 5.03 Å². The summed E-state index contributed by atoms with van der Waals surface area (Å²) in [6, 6.07) is 3.78. The van der Waals surface area contributed by atoms with Crippen molar-refractivity contribution >= 4 is 10.0 Å². The van der Waals surface area contributed by atoms with Crippen molar-refractivity contribution in [2.45, 2.75) is 30.8 Å². The van der Waals surface area contributed by atoms with Gasteiger partial charge in [-0.25, -0.2) is 13.4 Å². The van der Waals surface area contributed by atoms with Crippen LogP contribution < -0.4 is 5.32 Å². The van der Waals surface area contributed by atoms with Crippen molar-refractivity contribution in [1.82, 2.24) is 14.6 Å². The summed E-state index contributed by atoms with van der Waals surface area (Å²) in [5, 5.41) is 3.34. The van der Waals surface area contributed by atoms with Crippen LogP contribution in [0.3, 0.4) is 0 Å². The van der Waals surface area contributed by atoms with E-state index in [1.165, 1.54) is 4.31 Å². The van der Waals surface area contributed by atoms with Gasteiger partial charge in [-0.2, -0.15) is 4.31 Å². The van der Waals surface area contributed by atoms with E-state index in [4.69, 9.17) is 0 Å². The van der Waals surface area contributed by atoms with Gasteiger partial charge in [-0.3, -0.25) is 0 Å². The third-order valence-electron chi connectivity index (χ3n) is 3.35. The summed E-state index contributed by atoms with van der Waals surface area (Å²) in [5.74, 6) is 0. The van der Waals surface area contributed by atoms with Crippen LogP contribution in [0.2, 0.25) is 0 Å². The Bertz CT molecular complexity index is 491. The molecule has 5 nitrogen and oxygen atoms in total. The summed E-state index contributed by atoms with van der Waals surface area (Å²) in [4.78, 5) is 4.02. The molecule has 0 bridgehead atoms. The minimum Gasteiger partial charge on any atom is -0.317 e. The zero-order valence-electron chi connectivity index (χ0n) is 10.8. The van der Waals surface area contributed by atoms with Gasteiger partial charge in [0.2, 0.25) is 0 Å². The Morgan fingerprint density at radius 2 is 2.00 bits per heavy atom. The summed E-state index contributed by atoms with van der Waals surface area (Å²) < 4.78 is 26.2. The first-order chi connectivity index (χ1) is 8.54. The lowest BCUT2D eigenvalue weighted by molar-refractivity contribution is 0.298. The lowest BCUT2D eigenvalue weighted by atomic mass is 10.1. The van der Waals surface area contributed by atoms with Gasteiger partial charge in [0.05, 0.1) is 0 Å². The monoisotopic (exact) mass is 269 g/mol. The molecule has 1 saturated heterocycles. The molecule has 100 valence electrons. The maximum atomic E-state index is 12.3. The summed E-state index contributed by atoms with van der Waals surface area (Å²) in [5.41, 5.74) is 0.961. The highest BCUT2D eigenvalue weighted by molar-refractivity contribution is 7.89. The number of hydrogen-bond acceptors (Lipinski definition) is 4. The van der Waals surface area contributed by atoms with E-state index in [9.17, 15) is 8.42 Å². The van der Waals surface area contributed by atoms with Gasteiger partial charge < -0.3 is 5.32 Å². The first kappa shape index (κ1) is 13.5. The lowest BCUT2D eigenvalue weighted by Gasteiger charge is -2.30. The van der Waals surface area contributed by atoms with Gasteiger partial charge in [-0.15, -0.1) is 0 Å². The van der Waals surface area contributed by atoms with Crippen molar-refractivity contribution in [3.8, 4) is 0 Å². The van der Waals surface area contributed by atoms with E-state index in [0.29, 0.717) is 19.1 Å². The van der Waals surface area contributed by atoms with Crippen LogP contribution in [0.25, 0.3) is 0 Å². The standard InChI is InChI=1S/C12H19N3O2S/c1-10-3-4-12(14-9-10)18(16,17)15-7-5-11(13-2)6-8-15/h3-4,9,11,13H,5-8H2,1-2H3. The predicted molar refractivity (Wildman–Crippen MR) is 69.8 cm³/mol. The molecule has 1 fully saturated rings. The average Bonchev–Trinajstić information content (AvgIpc) is 2.39. The largest absolute Gasteiger partial charge is 0.317 e. The summed E-state index contributed by atoms with van der Waals surface area (Å²) in [6.45, 7) is 3.01. The van der Waals surface area contributed by atoms with Crippen molar-refractivity contribution in [1.29, 1.82) is 0 Å². The molecule has 1 aromatic heterocycles. The van der Waals surface area contributed by atoms with E-state index < -0.39 is 10.0 Å². The molecular formula is C12H19N3O2S. The number of sulfonamides is 1. The van der Waals surface area contributed by atoms with Crippen molar-refractivity contribution in [3.05, 3.63) is 23.9 Å². The van der Waals surface area contributed by atoms with Crippen molar-refractivity contribution in [2.24, 2.45) is 0 Å². The van der Waals surface area contributed by atoms with Crippen molar-refractivity contribution in [2.75, 3.05) is 20.1 Å². The first-order valence-corrected chi connectivity index (χ1v) is 7.58. The van der Waals surface area contributed by atoms with Crippen LogP contribution in [-0.2, 0) is 10.0 Å². The Hall–Kier alpha value is -0.980. The topological polar surface area (TPSA) is 62.3 Å². The molecule has 0 saturated carbocycles. The SMILES string of the molecule is CNC1CCN(S(=O)(=O)c2ccc(C)cn2)CC1. The molecule has 18 heavy (non-hydrogen) atoms. The Kier molecular flexibility index (Phi) is 3.99. The van der Waals surface area contributed by atoms with Gasteiger partial charge in [-0.05, 0) is 38.4 Å². The van der Waals surface area contributed by atoms with Gasteiger partial charge in [0, 0.05) is 25.3 Å². The van der Waals surface area contributed by atoms with E-state index in [1.54, 1.807) is 18.3 Å². The number of hydrogen-bond donors (Lipinski definition) is 1. The highest BCUT2D eigenvalue weighted by Crippen LogP contribution is 2.19. The molecule has 2 rings (SSSR count). The Morgan fingerprint density at radius 1 is 1.33 bits per heavy atom. The molecule has 2 heterocycles. The van der Waals surface area contributed by atoms with Gasteiger partial charge >= 0.3 is 0 Å². The molecule has 0 unspecified atom stereocenters. The van der Waals surface area contributed by atoms with Crippen LogP contribution in [0.1, 0.15) is 18.4 Å². The minimum atomic E-state index is -3.42. The fraction of sp³-hybridized carbons (Fsp3) is 0.583. The second-order valence-corrected chi connectivity index (χ2v) is 6.53. The Morgan fingerprint density at radius 3 is 2.50 bits per heavy atom. The van der Waals surface area contributed by atoms with Gasteiger partial charge in [0.1, 0.15) is 0 Å². The van der Waals surface area contributed by atoms with Gasteiger partial charge in [-0.1, -0.05) is 6.07 Å². The number of rotatable bonds is 3. The number of aryl methyl sites for hydroxylation is 1. The molecule has 1 aliphatic rings. The van der Waals surface area contributed by atoms with E-state index in [0.717, 1.165) is 18.4 Å². The van der Waals surface area contributed by atoms with Crippen molar-refractivity contribution in [3.63, 3.8) is 0 Å². The molecule has 0 amide bonds. The maximum absolute atomic E-state index is 12.3. The molecule has 0 aromatic carbocycles. The molecular weight excluding hydrogens is 250 g/mol. The third-order valence-corrected chi connectivity index (χ3v) is 5.17. The molecule has 0 radical (unpaired) electrons. The quantitative estimate of drug-likeness (QED) is 0.880. The van der Waals surface area contributed by atoms with Crippen LogP contribution in [0.15, 0.2) is 23.4 Å². The maximum Gasteiger partial charge on any atom is 0.260 e. The number of nitrogens with one attached hydrogen (secondary N) is 1. The molecule has 0 aliphatic carbocycles. The second kappa shape index (κ2) is 5.34. The molecule has 6 heteroatoms. The number of piperidine rings is 1. The zero-order chi connectivity index (χ0) is 13.2. The van der Waals surface area contributed by atoms with E-state index >= 15 is 0 Å². The minimum absolute atomic E-state index is 0.149. The number of pyridine rings is 1. The fourth-order valence-corrected chi connectivity index (χ4v) is 3.51. The number of nitrogens with zero attached hydrogens (tertiary/aromatic N) is 2. The summed E-state index contributed by atoms with van der Waals surface area (Å²) >= 11 is 0. The highest BCUT2D eigenvalue weighted by Gasteiger charge is 2.29. The van der Waals surface area contributed by atoms with Crippen LogP contribution in [0.4, 0.5) is 0 Å². The second-order valence-electron chi connectivity index (χ2n) is 4.64. The summed E-state index contributed by atoms with van der Waals surface area (Å²) in [6.07, 6.45) is 3.29. The Labute approximate surface area is 108 Å². The number of aromatic nitrogens is 1. The van der Waals surface area contributed by atoms with E-state index in [1.807, 2.05) is 14.0 Å². The zero-order valence-corrected chi connectivity index (χ0v) is 11.6. The highest BCUT2D eigenvalue weighted by atomic mass is 32.2. The van der Waals surface area contributed by atoms with Gasteiger partial charge in [0.25, 0.3) is 10.0 Å². The molecule has 0 atom stereocenters.